The van der Waals surface area contributed by atoms with Gasteiger partial charge in [-0.1, -0.05) is 22.9 Å². The summed E-state index contributed by atoms with van der Waals surface area (Å²) in [5.41, 5.74) is 2.20. The number of hydrogen-bond donors (Lipinski definition) is 0. The average molecular weight is 348 g/mol. The minimum absolute atomic E-state index is 0.247. The highest BCUT2D eigenvalue weighted by atomic mass is 79.9. The molecule has 110 valence electrons. The zero-order valence-corrected chi connectivity index (χ0v) is 13.6. The third-order valence-electron chi connectivity index (χ3n) is 3.96. The first kappa shape index (κ1) is 14.3. The molecule has 2 heterocycles. The molecular weight excluding hydrogens is 330 g/mol. The Morgan fingerprint density at radius 3 is 2.71 bits per heavy atom. The number of carbonyl (C=O) groups is 1. The van der Waals surface area contributed by atoms with Crippen LogP contribution in [0.5, 0.6) is 0 Å². The van der Waals surface area contributed by atoms with Crippen LogP contribution in [-0.2, 0) is 4.79 Å². The van der Waals surface area contributed by atoms with Gasteiger partial charge in [-0.2, -0.15) is 0 Å². The summed E-state index contributed by atoms with van der Waals surface area (Å²) in [5.74, 6) is 0.247. The summed E-state index contributed by atoms with van der Waals surface area (Å²) in [6.07, 6.45) is 2.44. The number of aromatic nitrogens is 1. The number of rotatable bonds is 2. The molecule has 1 aliphatic rings. The van der Waals surface area contributed by atoms with E-state index < -0.39 is 0 Å². The lowest BCUT2D eigenvalue weighted by Crippen LogP contribution is -2.48. The zero-order chi connectivity index (χ0) is 14.8. The van der Waals surface area contributed by atoms with Gasteiger partial charge in [0.05, 0.1) is 5.52 Å². The fourth-order valence-corrected chi connectivity index (χ4v) is 3.16. The standard InChI is InChI=1S/C16H18BrN3O/c1-2-16(21)20-9-7-19(8-10-20)15-5-6-18-14-4-3-12(17)11-13(14)15/h3-6,11H,2,7-10H2,1H3. The van der Waals surface area contributed by atoms with Gasteiger partial charge in [0.15, 0.2) is 0 Å². The first-order chi connectivity index (χ1) is 10.2. The van der Waals surface area contributed by atoms with Gasteiger partial charge < -0.3 is 9.80 Å². The van der Waals surface area contributed by atoms with Crippen LogP contribution in [0.2, 0.25) is 0 Å². The second-order valence-electron chi connectivity index (χ2n) is 5.21. The average Bonchev–Trinajstić information content (AvgIpc) is 2.53. The summed E-state index contributed by atoms with van der Waals surface area (Å²) in [5, 5.41) is 1.15. The Morgan fingerprint density at radius 1 is 1.24 bits per heavy atom. The molecule has 0 saturated carbocycles. The number of hydrogen-bond acceptors (Lipinski definition) is 3. The van der Waals surface area contributed by atoms with Crippen molar-refractivity contribution in [1.29, 1.82) is 0 Å². The molecule has 21 heavy (non-hydrogen) atoms. The number of amides is 1. The molecule has 0 spiro atoms. The van der Waals surface area contributed by atoms with E-state index in [1.54, 1.807) is 0 Å². The number of nitrogens with zero attached hydrogens (tertiary/aromatic N) is 3. The Labute approximate surface area is 132 Å². The molecule has 0 bridgehead atoms. The van der Waals surface area contributed by atoms with Crippen LogP contribution in [0.15, 0.2) is 34.9 Å². The largest absolute Gasteiger partial charge is 0.367 e. The summed E-state index contributed by atoms with van der Waals surface area (Å²) < 4.78 is 1.06. The minimum atomic E-state index is 0.247. The number of halogens is 1. The topological polar surface area (TPSA) is 36.4 Å². The van der Waals surface area contributed by atoms with E-state index in [2.05, 4.69) is 37.9 Å². The summed E-state index contributed by atoms with van der Waals surface area (Å²) in [7, 11) is 0. The molecule has 2 aromatic rings. The first-order valence-corrected chi connectivity index (χ1v) is 8.05. The number of pyridine rings is 1. The van der Waals surface area contributed by atoms with Gasteiger partial charge in [0, 0.05) is 54.3 Å². The van der Waals surface area contributed by atoms with Crippen molar-refractivity contribution < 1.29 is 4.79 Å². The van der Waals surface area contributed by atoms with Crippen LogP contribution in [0, 0.1) is 0 Å². The molecular formula is C16H18BrN3O. The first-order valence-electron chi connectivity index (χ1n) is 7.26. The Morgan fingerprint density at radius 2 is 2.00 bits per heavy atom. The Balaban J connectivity index is 1.85. The molecule has 5 heteroatoms. The van der Waals surface area contributed by atoms with Crippen LogP contribution < -0.4 is 4.90 Å². The maximum atomic E-state index is 11.8. The van der Waals surface area contributed by atoms with Gasteiger partial charge in [0.1, 0.15) is 0 Å². The monoisotopic (exact) mass is 347 g/mol. The number of benzene rings is 1. The molecule has 1 aliphatic heterocycles. The van der Waals surface area contributed by atoms with Gasteiger partial charge in [-0.05, 0) is 24.3 Å². The number of carbonyl (C=O) groups excluding carboxylic acids is 1. The Hall–Kier alpha value is -1.62. The third-order valence-corrected chi connectivity index (χ3v) is 4.45. The smallest absolute Gasteiger partial charge is 0.222 e. The molecule has 1 saturated heterocycles. The summed E-state index contributed by atoms with van der Waals surface area (Å²) in [6.45, 7) is 5.26. The number of anilines is 1. The molecule has 1 fully saturated rings. The molecule has 0 N–H and O–H groups in total. The van der Waals surface area contributed by atoms with E-state index in [1.807, 2.05) is 30.2 Å². The van der Waals surface area contributed by atoms with Crippen molar-refractivity contribution in [3.05, 3.63) is 34.9 Å². The fraction of sp³-hybridized carbons (Fsp3) is 0.375. The lowest BCUT2D eigenvalue weighted by atomic mass is 10.1. The maximum Gasteiger partial charge on any atom is 0.222 e. The van der Waals surface area contributed by atoms with Gasteiger partial charge in [0.2, 0.25) is 5.91 Å². The van der Waals surface area contributed by atoms with Gasteiger partial charge in [0.25, 0.3) is 0 Å². The van der Waals surface area contributed by atoms with Gasteiger partial charge >= 0.3 is 0 Å². The second-order valence-corrected chi connectivity index (χ2v) is 6.13. The molecule has 1 amide bonds. The van der Waals surface area contributed by atoms with Crippen molar-refractivity contribution in [2.24, 2.45) is 0 Å². The SMILES string of the molecule is CCC(=O)N1CCN(c2ccnc3ccc(Br)cc23)CC1. The maximum absolute atomic E-state index is 11.8. The quantitative estimate of drug-likeness (QED) is 0.837. The summed E-state index contributed by atoms with van der Waals surface area (Å²) in [4.78, 5) is 20.5. The lowest BCUT2D eigenvalue weighted by Gasteiger charge is -2.36. The second kappa shape index (κ2) is 6.02. The predicted octanol–water partition coefficient (Wildman–Crippen LogP) is 3.06. The van der Waals surface area contributed by atoms with Crippen LogP contribution in [0.3, 0.4) is 0 Å². The van der Waals surface area contributed by atoms with Crippen LogP contribution in [0.25, 0.3) is 10.9 Å². The van der Waals surface area contributed by atoms with E-state index in [0.717, 1.165) is 41.6 Å². The highest BCUT2D eigenvalue weighted by Crippen LogP contribution is 2.28. The van der Waals surface area contributed by atoms with E-state index in [1.165, 1.54) is 5.69 Å². The van der Waals surface area contributed by atoms with E-state index in [9.17, 15) is 4.79 Å². The van der Waals surface area contributed by atoms with Crippen LogP contribution >= 0.6 is 15.9 Å². The Kier molecular flexibility index (Phi) is 4.10. The lowest BCUT2D eigenvalue weighted by molar-refractivity contribution is -0.131. The number of fused-ring (bicyclic) bond motifs is 1. The van der Waals surface area contributed by atoms with Crippen molar-refractivity contribution in [2.75, 3.05) is 31.1 Å². The highest BCUT2D eigenvalue weighted by Gasteiger charge is 2.21. The van der Waals surface area contributed by atoms with Crippen molar-refractivity contribution in [1.82, 2.24) is 9.88 Å². The normalized spacial score (nSPS) is 15.5. The van der Waals surface area contributed by atoms with E-state index in [0.29, 0.717) is 6.42 Å². The molecule has 4 nitrogen and oxygen atoms in total. The fourth-order valence-electron chi connectivity index (χ4n) is 2.80. The van der Waals surface area contributed by atoms with Gasteiger partial charge in [-0.25, -0.2) is 0 Å². The predicted molar refractivity (Wildman–Crippen MR) is 88.5 cm³/mol. The molecule has 0 radical (unpaired) electrons. The van der Waals surface area contributed by atoms with Gasteiger partial charge in [-0.3, -0.25) is 9.78 Å². The molecule has 1 aromatic heterocycles. The summed E-state index contributed by atoms with van der Waals surface area (Å²) >= 11 is 3.53. The Bertz CT molecular complexity index is 666. The minimum Gasteiger partial charge on any atom is -0.367 e. The molecule has 3 rings (SSSR count). The summed E-state index contributed by atoms with van der Waals surface area (Å²) in [6, 6.07) is 8.21. The van der Waals surface area contributed by atoms with Gasteiger partial charge in [-0.15, -0.1) is 0 Å². The molecule has 0 unspecified atom stereocenters. The molecule has 0 atom stereocenters. The van der Waals surface area contributed by atoms with Crippen molar-refractivity contribution >= 4 is 38.4 Å². The zero-order valence-electron chi connectivity index (χ0n) is 12.1. The van der Waals surface area contributed by atoms with E-state index >= 15 is 0 Å². The van der Waals surface area contributed by atoms with E-state index in [4.69, 9.17) is 0 Å². The van der Waals surface area contributed by atoms with Crippen LogP contribution in [-0.4, -0.2) is 42.0 Å². The molecule has 1 aromatic carbocycles. The van der Waals surface area contributed by atoms with Crippen molar-refractivity contribution in [3.63, 3.8) is 0 Å². The van der Waals surface area contributed by atoms with Crippen molar-refractivity contribution in [3.8, 4) is 0 Å². The highest BCUT2D eigenvalue weighted by molar-refractivity contribution is 9.10. The van der Waals surface area contributed by atoms with Crippen LogP contribution in [0.1, 0.15) is 13.3 Å². The van der Waals surface area contributed by atoms with E-state index in [-0.39, 0.29) is 5.91 Å². The third kappa shape index (κ3) is 2.88. The number of piperazine rings is 1. The van der Waals surface area contributed by atoms with Crippen LogP contribution in [0.4, 0.5) is 5.69 Å². The molecule has 0 aliphatic carbocycles. The van der Waals surface area contributed by atoms with Crippen molar-refractivity contribution in [2.45, 2.75) is 13.3 Å².